The summed E-state index contributed by atoms with van der Waals surface area (Å²) in [5.74, 6) is -1.11. The number of carbonyl (C=O) groups excluding carboxylic acids is 2. The zero-order valence-corrected chi connectivity index (χ0v) is 16.3. The van der Waals surface area contributed by atoms with Gasteiger partial charge in [0.25, 0.3) is 5.91 Å². The van der Waals surface area contributed by atoms with E-state index < -0.39 is 17.0 Å². The van der Waals surface area contributed by atoms with Crippen LogP contribution < -0.4 is 0 Å². The van der Waals surface area contributed by atoms with Crippen molar-refractivity contribution in [3.8, 4) is 5.69 Å². The molecule has 2 amide bonds. The Morgan fingerprint density at radius 3 is 2.59 bits per heavy atom. The van der Waals surface area contributed by atoms with Crippen molar-refractivity contribution in [1.29, 1.82) is 0 Å². The summed E-state index contributed by atoms with van der Waals surface area (Å²) in [7, 11) is 0. The van der Waals surface area contributed by atoms with Crippen molar-refractivity contribution < 1.29 is 14.0 Å². The minimum atomic E-state index is -0.477. The number of likely N-dealkylation sites (tertiary alicyclic amines) is 1. The molecule has 0 saturated carbocycles. The van der Waals surface area contributed by atoms with Crippen molar-refractivity contribution in [3.05, 3.63) is 66.0 Å². The van der Waals surface area contributed by atoms with Gasteiger partial charge in [0, 0.05) is 12.1 Å². The number of amides is 2. The molecule has 4 rings (SSSR count). The fourth-order valence-electron chi connectivity index (χ4n) is 3.18. The van der Waals surface area contributed by atoms with Crippen LogP contribution in [0, 0.1) is 5.82 Å². The van der Waals surface area contributed by atoms with E-state index in [1.54, 1.807) is 4.68 Å². The number of para-hydroxylation sites is 1. The third kappa shape index (κ3) is 4.19. The second kappa shape index (κ2) is 8.52. The third-order valence-corrected chi connectivity index (χ3v) is 5.85. The molecule has 0 aliphatic carbocycles. The van der Waals surface area contributed by atoms with Gasteiger partial charge in [0.15, 0.2) is 0 Å². The molecule has 2 aromatic carbocycles. The SMILES string of the molecule is O=C(c1ccc(F)cc1)N1CCCC[C@@H](Sc2nnnn2-c2ccccc2)C1=O. The van der Waals surface area contributed by atoms with Crippen LogP contribution in [-0.2, 0) is 4.79 Å². The van der Waals surface area contributed by atoms with Gasteiger partial charge >= 0.3 is 0 Å². The average molecular weight is 411 g/mol. The predicted molar refractivity (Wildman–Crippen MR) is 105 cm³/mol. The van der Waals surface area contributed by atoms with Crippen molar-refractivity contribution in [3.63, 3.8) is 0 Å². The number of rotatable bonds is 4. The fourth-order valence-corrected chi connectivity index (χ4v) is 4.27. The Bertz CT molecular complexity index is 1010. The number of nitrogens with zero attached hydrogens (tertiary/aromatic N) is 5. The molecule has 1 aromatic heterocycles. The minimum absolute atomic E-state index is 0.274. The molecule has 1 aliphatic heterocycles. The van der Waals surface area contributed by atoms with Crippen LogP contribution in [0.5, 0.6) is 0 Å². The molecule has 148 valence electrons. The Labute approximate surface area is 170 Å². The van der Waals surface area contributed by atoms with E-state index in [1.165, 1.54) is 40.9 Å². The minimum Gasteiger partial charge on any atom is -0.278 e. The molecule has 9 heteroatoms. The summed E-state index contributed by atoms with van der Waals surface area (Å²) in [6.45, 7) is 0.343. The number of hydrogen-bond donors (Lipinski definition) is 0. The second-order valence-corrected chi connectivity index (χ2v) is 7.78. The quantitative estimate of drug-likeness (QED) is 0.614. The third-order valence-electron chi connectivity index (χ3n) is 4.67. The maximum atomic E-state index is 13.2. The van der Waals surface area contributed by atoms with Crippen molar-refractivity contribution in [2.75, 3.05) is 6.54 Å². The van der Waals surface area contributed by atoms with Gasteiger partial charge in [-0.15, -0.1) is 5.10 Å². The van der Waals surface area contributed by atoms with E-state index in [-0.39, 0.29) is 5.91 Å². The maximum absolute atomic E-state index is 13.2. The molecule has 7 nitrogen and oxygen atoms in total. The van der Waals surface area contributed by atoms with Crippen LogP contribution in [0.25, 0.3) is 5.69 Å². The van der Waals surface area contributed by atoms with E-state index >= 15 is 0 Å². The van der Waals surface area contributed by atoms with E-state index in [0.29, 0.717) is 23.7 Å². The number of carbonyl (C=O) groups is 2. The highest BCUT2D eigenvalue weighted by Gasteiger charge is 2.33. The summed E-state index contributed by atoms with van der Waals surface area (Å²) < 4.78 is 14.7. The number of benzene rings is 2. The van der Waals surface area contributed by atoms with E-state index in [9.17, 15) is 14.0 Å². The average Bonchev–Trinajstić information content (AvgIpc) is 3.13. The van der Waals surface area contributed by atoms with Crippen LogP contribution in [-0.4, -0.2) is 48.7 Å². The lowest BCUT2D eigenvalue weighted by atomic mass is 10.2. The Morgan fingerprint density at radius 1 is 1.07 bits per heavy atom. The molecule has 1 atom stereocenters. The number of aromatic nitrogens is 4. The zero-order chi connectivity index (χ0) is 20.2. The van der Waals surface area contributed by atoms with Crippen LogP contribution in [0.15, 0.2) is 59.8 Å². The molecule has 0 bridgehead atoms. The van der Waals surface area contributed by atoms with Crippen LogP contribution in [0.4, 0.5) is 4.39 Å². The fraction of sp³-hybridized carbons (Fsp3) is 0.250. The Kier molecular flexibility index (Phi) is 5.66. The molecular weight excluding hydrogens is 393 g/mol. The highest BCUT2D eigenvalue weighted by Crippen LogP contribution is 2.30. The highest BCUT2D eigenvalue weighted by atomic mass is 32.2. The monoisotopic (exact) mass is 411 g/mol. The largest absolute Gasteiger partial charge is 0.278 e. The van der Waals surface area contributed by atoms with Crippen molar-refractivity contribution in [1.82, 2.24) is 25.1 Å². The number of halogens is 1. The summed E-state index contributed by atoms with van der Waals surface area (Å²) in [4.78, 5) is 27.2. The first-order valence-electron chi connectivity index (χ1n) is 9.25. The predicted octanol–water partition coefficient (Wildman–Crippen LogP) is 3.12. The number of hydrogen-bond acceptors (Lipinski definition) is 6. The van der Waals surface area contributed by atoms with Gasteiger partial charge in [-0.2, -0.15) is 4.68 Å². The molecular formula is C20H18FN5O2S. The van der Waals surface area contributed by atoms with Gasteiger partial charge in [0.1, 0.15) is 5.82 Å². The smallest absolute Gasteiger partial charge is 0.260 e. The topological polar surface area (TPSA) is 81.0 Å². The first kappa shape index (κ1) is 19.3. The summed E-state index contributed by atoms with van der Waals surface area (Å²) in [5.41, 5.74) is 1.08. The normalized spacial score (nSPS) is 17.2. The maximum Gasteiger partial charge on any atom is 0.260 e. The molecule has 0 N–H and O–H groups in total. The van der Waals surface area contributed by atoms with Gasteiger partial charge in [0.05, 0.1) is 10.9 Å². The summed E-state index contributed by atoms with van der Waals surface area (Å²) in [6, 6.07) is 14.6. The number of imide groups is 1. The Hall–Kier alpha value is -3.07. The lowest BCUT2D eigenvalue weighted by molar-refractivity contribution is -0.127. The molecule has 3 aromatic rings. The van der Waals surface area contributed by atoms with Gasteiger partial charge < -0.3 is 0 Å². The molecule has 1 fully saturated rings. The van der Waals surface area contributed by atoms with E-state index in [4.69, 9.17) is 0 Å². The van der Waals surface area contributed by atoms with Crippen molar-refractivity contribution in [2.24, 2.45) is 0 Å². The molecule has 1 aliphatic rings. The van der Waals surface area contributed by atoms with Crippen LogP contribution in [0.1, 0.15) is 29.6 Å². The van der Waals surface area contributed by atoms with Gasteiger partial charge in [-0.3, -0.25) is 14.5 Å². The van der Waals surface area contributed by atoms with Crippen LogP contribution in [0.3, 0.4) is 0 Å². The molecule has 2 heterocycles. The highest BCUT2D eigenvalue weighted by molar-refractivity contribution is 8.00. The Morgan fingerprint density at radius 2 is 1.83 bits per heavy atom. The van der Waals surface area contributed by atoms with Gasteiger partial charge in [-0.1, -0.05) is 36.4 Å². The van der Waals surface area contributed by atoms with Gasteiger partial charge in [0.2, 0.25) is 11.1 Å². The lowest BCUT2D eigenvalue weighted by Crippen LogP contribution is -2.41. The van der Waals surface area contributed by atoms with E-state index in [0.717, 1.165) is 18.5 Å². The molecule has 0 radical (unpaired) electrons. The van der Waals surface area contributed by atoms with E-state index in [2.05, 4.69) is 15.5 Å². The standard InChI is InChI=1S/C20H18FN5O2S/c21-15-11-9-14(10-12-15)18(27)25-13-5-4-8-17(19(25)28)29-20-22-23-24-26(20)16-6-2-1-3-7-16/h1-3,6-7,9-12,17H,4-5,8,13H2/t17-/m1/s1. The summed E-state index contributed by atoms with van der Waals surface area (Å²) >= 11 is 1.26. The zero-order valence-electron chi connectivity index (χ0n) is 15.4. The van der Waals surface area contributed by atoms with Crippen molar-refractivity contribution in [2.45, 2.75) is 29.7 Å². The molecule has 29 heavy (non-hydrogen) atoms. The van der Waals surface area contributed by atoms with Crippen LogP contribution in [0.2, 0.25) is 0 Å². The molecule has 1 saturated heterocycles. The van der Waals surface area contributed by atoms with Crippen molar-refractivity contribution >= 4 is 23.6 Å². The van der Waals surface area contributed by atoms with Gasteiger partial charge in [-0.25, -0.2) is 4.39 Å². The number of tetrazole rings is 1. The van der Waals surface area contributed by atoms with Crippen LogP contribution >= 0.6 is 11.8 Å². The summed E-state index contributed by atoms with van der Waals surface area (Å²) in [6.07, 6.45) is 2.15. The molecule has 0 unspecified atom stereocenters. The Balaban J connectivity index is 1.56. The first-order valence-corrected chi connectivity index (χ1v) is 10.1. The van der Waals surface area contributed by atoms with E-state index in [1.807, 2.05) is 30.3 Å². The molecule has 0 spiro atoms. The first-order chi connectivity index (χ1) is 14.1. The van der Waals surface area contributed by atoms with Gasteiger partial charge in [-0.05, 0) is 59.7 Å². The summed E-state index contributed by atoms with van der Waals surface area (Å²) in [5, 5.41) is 11.8. The second-order valence-electron chi connectivity index (χ2n) is 6.61. The lowest BCUT2D eigenvalue weighted by Gasteiger charge is -2.22. The number of thioether (sulfide) groups is 1.